The highest BCUT2D eigenvalue weighted by atomic mass is 32.2. The molecule has 1 aliphatic heterocycles. The highest BCUT2D eigenvalue weighted by molar-refractivity contribution is 7.89. The van der Waals surface area contributed by atoms with Crippen molar-refractivity contribution in [3.8, 4) is 0 Å². The van der Waals surface area contributed by atoms with Crippen LogP contribution in [0.1, 0.15) is 19.3 Å². The quantitative estimate of drug-likeness (QED) is 0.919. The molecule has 0 bridgehead atoms. The smallest absolute Gasteiger partial charge is 0.303 e. The Morgan fingerprint density at radius 2 is 1.86 bits per heavy atom. The Hall–Kier alpha value is -1.54. The van der Waals surface area contributed by atoms with Crippen LogP contribution in [0.4, 0.5) is 8.78 Å². The molecule has 1 aromatic carbocycles. The number of carbonyl (C=O) groups is 1. The van der Waals surface area contributed by atoms with Crippen LogP contribution in [0.15, 0.2) is 23.1 Å². The number of nitrogens with zero attached hydrogens (tertiary/aromatic N) is 1. The summed E-state index contributed by atoms with van der Waals surface area (Å²) in [6.07, 6.45) is 0.892. The van der Waals surface area contributed by atoms with E-state index in [4.69, 9.17) is 5.11 Å². The van der Waals surface area contributed by atoms with Crippen LogP contribution in [0, 0.1) is 17.6 Å². The van der Waals surface area contributed by atoms with Gasteiger partial charge in [0, 0.05) is 19.5 Å². The van der Waals surface area contributed by atoms with Crippen LogP contribution in [-0.2, 0) is 14.8 Å². The van der Waals surface area contributed by atoms with Crippen molar-refractivity contribution >= 4 is 16.0 Å². The summed E-state index contributed by atoms with van der Waals surface area (Å²) in [6, 6.07) is 2.46. The lowest BCUT2D eigenvalue weighted by molar-refractivity contribution is -0.138. The molecule has 0 aromatic heterocycles. The number of benzene rings is 1. The van der Waals surface area contributed by atoms with Crippen molar-refractivity contribution in [2.75, 3.05) is 13.1 Å². The van der Waals surface area contributed by atoms with Gasteiger partial charge in [0.05, 0.1) is 4.90 Å². The third-order valence-electron chi connectivity index (χ3n) is 3.57. The molecule has 0 aliphatic carbocycles. The molecule has 1 fully saturated rings. The first kappa shape index (κ1) is 15.8. The van der Waals surface area contributed by atoms with Crippen molar-refractivity contribution in [2.45, 2.75) is 24.2 Å². The van der Waals surface area contributed by atoms with Crippen LogP contribution >= 0.6 is 0 Å². The number of piperidine rings is 1. The van der Waals surface area contributed by atoms with Crippen molar-refractivity contribution in [3.05, 3.63) is 29.8 Å². The summed E-state index contributed by atoms with van der Waals surface area (Å²) in [5.74, 6) is -3.28. The molecule has 2 rings (SSSR count). The Morgan fingerprint density at radius 3 is 2.38 bits per heavy atom. The first-order valence-corrected chi connectivity index (χ1v) is 7.91. The van der Waals surface area contributed by atoms with Gasteiger partial charge in [-0.05, 0) is 37.0 Å². The summed E-state index contributed by atoms with van der Waals surface area (Å²) in [4.78, 5) is 10.3. The van der Waals surface area contributed by atoms with Gasteiger partial charge in [-0.2, -0.15) is 4.31 Å². The molecule has 0 spiro atoms. The summed E-state index contributed by atoms with van der Waals surface area (Å²) in [5.41, 5.74) is 0. The highest BCUT2D eigenvalue weighted by Crippen LogP contribution is 2.26. The van der Waals surface area contributed by atoms with Crippen LogP contribution in [0.3, 0.4) is 0 Å². The molecule has 1 saturated heterocycles. The molecule has 116 valence electrons. The van der Waals surface area contributed by atoms with Crippen molar-refractivity contribution in [3.63, 3.8) is 0 Å². The van der Waals surface area contributed by atoms with Gasteiger partial charge in [-0.25, -0.2) is 17.2 Å². The summed E-state index contributed by atoms with van der Waals surface area (Å²) >= 11 is 0. The van der Waals surface area contributed by atoms with Gasteiger partial charge >= 0.3 is 5.97 Å². The zero-order valence-electron chi connectivity index (χ0n) is 11.1. The van der Waals surface area contributed by atoms with Gasteiger partial charge in [0.15, 0.2) is 11.6 Å². The van der Waals surface area contributed by atoms with E-state index in [9.17, 15) is 22.0 Å². The van der Waals surface area contributed by atoms with Gasteiger partial charge in [0.25, 0.3) is 0 Å². The van der Waals surface area contributed by atoms with Crippen LogP contribution in [0.5, 0.6) is 0 Å². The van der Waals surface area contributed by atoms with Gasteiger partial charge in [-0.1, -0.05) is 0 Å². The van der Waals surface area contributed by atoms with E-state index in [1.807, 2.05) is 0 Å². The van der Waals surface area contributed by atoms with Crippen LogP contribution < -0.4 is 0 Å². The molecule has 5 nitrogen and oxygen atoms in total. The van der Waals surface area contributed by atoms with Gasteiger partial charge in [-0.3, -0.25) is 4.79 Å². The van der Waals surface area contributed by atoms with Crippen molar-refractivity contribution < 1.29 is 27.1 Å². The minimum atomic E-state index is -3.87. The summed E-state index contributed by atoms with van der Waals surface area (Å²) in [7, 11) is -3.87. The molecular formula is C13H15F2NO4S. The van der Waals surface area contributed by atoms with E-state index in [-0.39, 0.29) is 30.3 Å². The van der Waals surface area contributed by atoms with Crippen molar-refractivity contribution in [1.82, 2.24) is 4.31 Å². The molecule has 1 aliphatic rings. The summed E-state index contributed by atoms with van der Waals surface area (Å²) in [5, 5.41) is 8.72. The fraction of sp³-hybridized carbons (Fsp3) is 0.462. The molecule has 1 aromatic rings. The fourth-order valence-electron chi connectivity index (χ4n) is 2.39. The average molecular weight is 319 g/mol. The molecule has 1 N–H and O–H groups in total. The molecule has 8 heteroatoms. The zero-order valence-corrected chi connectivity index (χ0v) is 11.9. The van der Waals surface area contributed by atoms with Gasteiger partial charge in [0.1, 0.15) is 0 Å². The third kappa shape index (κ3) is 3.56. The fourth-order valence-corrected chi connectivity index (χ4v) is 3.87. The monoisotopic (exact) mass is 319 g/mol. The van der Waals surface area contributed by atoms with E-state index in [0.717, 1.165) is 12.1 Å². The predicted octanol–water partition coefficient (Wildman–Crippen LogP) is 1.84. The van der Waals surface area contributed by atoms with E-state index in [2.05, 4.69) is 0 Å². The number of carboxylic acids is 1. The first-order valence-electron chi connectivity index (χ1n) is 6.47. The van der Waals surface area contributed by atoms with Gasteiger partial charge < -0.3 is 5.11 Å². The maximum absolute atomic E-state index is 13.2. The number of hydrogen-bond donors (Lipinski definition) is 1. The summed E-state index contributed by atoms with van der Waals surface area (Å²) in [6.45, 7) is 0.360. The second kappa shape index (κ2) is 6.07. The largest absolute Gasteiger partial charge is 0.481 e. The number of rotatable bonds is 4. The lowest BCUT2D eigenvalue weighted by atomic mass is 9.95. The molecule has 0 saturated carbocycles. The number of halogens is 2. The molecule has 1 heterocycles. The third-order valence-corrected chi connectivity index (χ3v) is 5.46. The lowest BCUT2D eigenvalue weighted by Gasteiger charge is -2.30. The number of hydrogen-bond acceptors (Lipinski definition) is 3. The summed E-state index contributed by atoms with van der Waals surface area (Å²) < 4.78 is 51.8. The second-order valence-corrected chi connectivity index (χ2v) is 6.96. The minimum absolute atomic E-state index is 0.0130. The molecule has 0 atom stereocenters. The molecule has 0 radical (unpaired) electrons. The van der Waals surface area contributed by atoms with E-state index in [1.54, 1.807) is 0 Å². The van der Waals surface area contributed by atoms with Crippen LogP contribution in [-0.4, -0.2) is 36.9 Å². The van der Waals surface area contributed by atoms with E-state index in [1.165, 1.54) is 4.31 Å². The lowest BCUT2D eigenvalue weighted by Crippen LogP contribution is -2.38. The zero-order chi connectivity index (χ0) is 15.6. The predicted molar refractivity (Wildman–Crippen MR) is 70.1 cm³/mol. The topological polar surface area (TPSA) is 74.7 Å². The second-order valence-electron chi connectivity index (χ2n) is 5.02. The Kier molecular flexibility index (Phi) is 4.58. The van der Waals surface area contributed by atoms with Crippen LogP contribution in [0.2, 0.25) is 0 Å². The number of aliphatic carboxylic acids is 1. The molecule has 0 amide bonds. The normalized spacial score (nSPS) is 17.8. The standard InChI is InChI=1S/C13H15F2NO4S/c14-11-2-1-10(8-12(11)15)21(19,20)16-5-3-9(4-6-16)7-13(17)18/h1-2,8-9H,3-7H2,(H,17,18). The Balaban J connectivity index is 2.11. The van der Waals surface area contributed by atoms with Crippen LogP contribution in [0.25, 0.3) is 0 Å². The molecule has 0 unspecified atom stereocenters. The molecular weight excluding hydrogens is 304 g/mol. The van der Waals surface area contributed by atoms with E-state index >= 15 is 0 Å². The number of sulfonamides is 1. The van der Waals surface area contributed by atoms with E-state index in [0.29, 0.717) is 18.9 Å². The van der Waals surface area contributed by atoms with Gasteiger partial charge in [0.2, 0.25) is 10.0 Å². The Morgan fingerprint density at radius 1 is 1.24 bits per heavy atom. The maximum Gasteiger partial charge on any atom is 0.303 e. The Labute approximate surface area is 121 Å². The van der Waals surface area contributed by atoms with Crippen molar-refractivity contribution in [2.24, 2.45) is 5.92 Å². The SMILES string of the molecule is O=C(O)CC1CCN(S(=O)(=O)c2ccc(F)c(F)c2)CC1. The minimum Gasteiger partial charge on any atom is -0.481 e. The molecule has 21 heavy (non-hydrogen) atoms. The highest BCUT2D eigenvalue weighted by Gasteiger charge is 2.30. The van der Waals surface area contributed by atoms with Gasteiger partial charge in [-0.15, -0.1) is 0 Å². The van der Waals surface area contributed by atoms with E-state index < -0.39 is 27.6 Å². The first-order chi connectivity index (χ1) is 9.80. The Bertz CT molecular complexity index is 640. The average Bonchev–Trinajstić information content (AvgIpc) is 2.41. The number of carboxylic acid groups (broad SMARTS) is 1. The van der Waals surface area contributed by atoms with Crippen molar-refractivity contribution in [1.29, 1.82) is 0 Å². The maximum atomic E-state index is 13.2.